The van der Waals surface area contributed by atoms with Gasteiger partial charge in [0.2, 0.25) is 5.95 Å². The molecular formula is C22H24N4O4S. The average molecular weight is 441 g/mol. The molecule has 9 heteroatoms. The Morgan fingerprint density at radius 2 is 1.48 bits per heavy atom. The molecule has 0 amide bonds. The maximum atomic E-state index is 12.9. The second-order valence-corrected chi connectivity index (χ2v) is 8.84. The third-order valence-electron chi connectivity index (χ3n) is 4.90. The topological polar surface area (TPSA) is 93.6 Å². The van der Waals surface area contributed by atoms with E-state index in [0.717, 1.165) is 0 Å². The fourth-order valence-electron chi connectivity index (χ4n) is 3.26. The van der Waals surface area contributed by atoms with E-state index in [1.807, 2.05) is 35.2 Å². The first kappa shape index (κ1) is 21.1. The van der Waals surface area contributed by atoms with Gasteiger partial charge in [0.1, 0.15) is 11.5 Å². The van der Waals surface area contributed by atoms with Crippen LogP contribution in [0.3, 0.4) is 0 Å². The maximum Gasteiger partial charge on any atom is 0.262 e. The fourth-order valence-corrected chi connectivity index (χ4v) is 4.43. The third-order valence-corrected chi connectivity index (χ3v) is 6.27. The van der Waals surface area contributed by atoms with Crippen LogP contribution in [0.2, 0.25) is 0 Å². The zero-order valence-electron chi connectivity index (χ0n) is 17.4. The quantitative estimate of drug-likeness (QED) is 0.627. The molecular weight excluding hydrogens is 416 g/mol. The Hall–Kier alpha value is -3.17. The summed E-state index contributed by atoms with van der Waals surface area (Å²) in [6.45, 7) is 6.21. The van der Waals surface area contributed by atoms with Gasteiger partial charge >= 0.3 is 0 Å². The minimum absolute atomic E-state index is 0.129. The second-order valence-electron chi connectivity index (χ2n) is 7.16. The van der Waals surface area contributed by atoms with Gasteiger partial charge in [-0.15, -0.1) is 0 Å². The number of aromatic nitrogens is 2. The highest BCUT2D eigenvalue weighted by Crippen LogP contribution is 2.26. The normalized spacial score (nSPS) is 14.3. The van der Waals surface area contributed by atoms with Gasteiger partial charge in [0.25, 0.3) is 10.0 Å². The van der Waals surface area contributed by atoms with Crippen LogP contribution >= 0.6 is 0 Å². The number of nitrogens with one attached hydrogen (secondary N) is 1. The number of hydrogen-bond donors (Lipinski definition) is 1. The highest BCUT2D eigenvalue weighted by molar-refractivity contribution is 7.92. The molecule has 0 saturated carbocycles. The van der Waals surface area contributed by atoms with Crippen LogP contribution in [0.25, 0.3) is 0 Å². The third kappa shape index (κ3) is 4.95. The van der Waals surface area contributed by atoms with E-state index in [1.54, 1.807) is 26.0 Å². The van der Waals surface area contributed by atoms with Gasteiger partial charge in [0.05, 0.1) is 35.2 Å². The van der Waals surface area contributed by atoms with Crippen molar-refractivity contribution in [2.75, 3.05) is 35.9 Å². The number of nitrogens with zero attached hydrogens (tertiary/aromatic N) is 3. The summed E-state index contributed by atoms with van der Waals surface area (Å²) in [6, 6.07) is 15.6. The van der Waals surface area contributed by atoms with Gasteiger partial charge in [0, 0.05) is 13.1 Å². The molecule has 1 fully saturated rings. The molecule has 0 spiro atoms. The van der Waals surface area contributed by atoms with Crippen molar-refractivity contribution in [3.63, 3.8) is 0 Å². The van der Waals surface area contributed by atoms with Crippen molar-refractivity contribution in [1.82, 2.24) is 9.97 Å². The minimum atomic E-state index is -3.80. The minimum Gasteiger partial charge on any atom is -0.457 e. The van der Waals surface area contributed by atoms with Crippen LogP contribution in [0, 0.1) is 13.8 Å². The van der Waals surface area contributed by atoms with Gasteiger partial charge in [-0.3, -0.25) is 4.72 Å². The molecule has 1 aliphatic heterocycles. The maximum absolute atomic E-state index is 12.9. The first-order valence-electron chi connectivity index (χ1n) is 9.96. The molecule has 4 rings (SSSR count). The standard InChI is InChI=1S/C22H24N4O4S/c1-16-21(17(2)24-22(23-16)26-12-14-29-15-13-26)25-31(27,28)20-10-8-19(9-11-20)30-18-6-4-3-5-7-18/h3-11,25H,12-15H2,1-2H3. The van der Waals surface area contributed by atoms with Gasteiger partial charge in [-0.25, -0.2) is 18.4 Å². The number of ether oxygens (including phenoxy) is 2. The van der Waals surface area contributed by atoms with Crippen LogP contribution in [0.5, 0.6) is 11.5 Å². The summed E-state index contributed by atoms with van der Waals surface area (Å²) in [4.78, 5) is 11.2. The van der Waals surface area contributed by atoms with Crippen LogP contribution in [-0.2, 0) is 14.8 Å². The number of benzene rings is 2. The van der Waals surface area contributed by atoms with E-state index in [1.165, 1.54) is 12.1 Å². The number of aryl methyl sites for hydroxylation is 2. The van der Waals surface area contributed by atoms with E-state index in [2.05, 4.69) is 14.7 Å². The molecule has 0 radical (unpaired) electrons. The SMILES string of the molecule is Cc1nc(N2CCOCC2)nc(C)c1NS(=O)(=O)c1ccc(Oc2ccccc2)cc1. The largest absolute Gasteiger partial charge is 0.457 e. The molecule has 1 aliphatic rings. The average Bonchev–Trinajstić information content (AvgIpc) is 2.78. The zero-order chi connectivity index (χ0) is 21.8. The molecule has 2 heterocycles. The van der Waals surface area contributed by atoms with Gasteiger partial charge in [-0.1, -0.05) is 18.2 Å². The molecule has 2 aromatic carbocycles. The smallest absolute Gasteiger partial charge is 0.262 e. The number of anilines is 2. The Bertz CT molecular complexity index is 1120. The van der Waals surface area contributed by atoms with E-state index in [0.29, 0.717) is 60.8 Å². The Balaban J connectivity index is 1.51. The Morgan fingerprint density at radius 1 is 0.903 bits per heavy atom. The summed E-state index contributed by atoms with van der Waals surface area (Å²) in [6.07, 6.45) is 0. The van der Waals surface area contributed by atoms with E-state index >= 15 is 0 Å². The summed E-state index contributed by atoms with van der Waals surface area (Å²) < 4.78 is 39.6. The van der Waals surface area contributed by atoms with Crippen LogP contribution < -0.4 is 14.4 Å². The molecule has 162 valence electrons. The predicted octanol–water partition coefficient (Wildman–Crippen LogP) is 3.52. The second kappa shape index (κ2) is 8.91. The van der Waals surface area contributed by atoms with Crippen LogP contribution in [-0.4, -0.2) is 44.7 Å². The lowest BCUT2D eigenvalue weighted by molar-refractivity contribution is 0.122. The summed E-state index contributed by atoms with van der Waals surface area (Å²) in [5, 5.41) is 0. The predicted molar refractivity (Wildman–Crippen MR) is 118 cm³/mol. The Labute approximate surface area is 181 Å². The summed E-state index contributed by atoms with van der Waals surface area (Å²) in [5.74, 6) is 1.82. The molecule has 0 aliphatic carbocycles. The molecule has 31 heavy (non-hydrogen) atoms. The van der Waals surface area contributed by atoms with Crippen molar-refractivity contribution in [2.24, 2.45) is 0 Å². The number of morpholine rings is 1. The molecule has 0 atom stereocenters. The zero-order valence-corrected chi connectivity index (χ0v) is 18.2. The number of hydrogen-bond acceptors (Lipinski definition) is 7. The molecule has 0 unspecified atom stereocenters. The number of para-hydroxylation sites is 1. The Kier molecular flexibility index (Phi) is 6.06. The molecule has 1 saturated heterocycles. The van der Waals surface area contributed by atoms with Crippen molar-refractivity contribution < 1.29 is 17.9 Å². The molecule has 1 N–H and O–H groups in total. The molecule has 8 nitrogen and oxygen atoms in total. The van der Waals surface area contributed by atoms with E-state index in [9.17, 15) is 8.42 Å². The van der Waals surface area contributed by atoms with Crippen LogP contribution in [0.4, 0.5) is 11.6 Å². The number of rotatable bonds is 6. The monoisotopic (exact) mass is 440 g/mol. The molecule has 1 aromatic heterocycles. The van der Waals surface area contributed by atoms with Crippen LogP contribution in [0.1, 0.15) is 11.4 Å². The molecule has 3 aromatic rings. The van der Waals surface area contributed by atoms with Crippen molar-refractivity contribution in [3.05, 3.63) is 66.0 Å². The highest BCUT2D eigenvalue weighted by Gasteiger charge is 2.21. The fraction of sp³-hybridized carbons (Fsp3) is 0.273. The van der Waals surface area contributed by atoms with Gasteiger partial charge < -0.3 is 14.4 Å². The van der Waals surface area contributed by atoms with Crippen molar-refractivity contribution in [2.45, 2.75) is 18.7 Å². The van der Waals surface area contributed by atoms with Gasteiger partial charge in [0.15, 0.2) is 0 Å². The van der Waals surface area contributed by atoms with Crippen molar-refractivity contribution in [3.8, 4) is 11.5 Å². The van der Waals surface area contributed by atoms with E-state index < -0.39 is 10.0 Å². The Morgan fingerprint density at radius 3 is 2.10 bits per heavy atom. The summed E-state index contributed by atoms with van der Waals surface area (Å²) in [7, 11) is -3.80. The highest BCUT2D eigenvalue weighted by atomic mass is 32.2. The lowest BCUT2D eigenvalue weighted by Crippen LogP contribution is -2.37. The van der Waals surface area contributed by atoms with Crippen molar-refractivity contribution in [1.29, 1.82) is 0 Å². The van der Waals surface area contributed by atoms with E-state index in [-0.39, 0.29) is 4.90 Å². The van der Waals surface area contributed by atoms with E-state index in [4.69, 9.17) is 9.47 Å². The molecule has 0 bridgehead atoms. The number of sulfonamides is 1. The lowest BCUT2D eigenvalue weighted by Gasteiger charge is -2.27. The summed E-state index contributed by atoms with van der Waals surface area (Å²) >= 11 is 0. The first-order valence-corrected chi connectivity index (χ1v) is 11.4. The van der Waals surface area contributed by atoms with Gasteiger partial charge in [-0.05, 0) is 50.2 Å². The van der Waals surface area contributed by atoms with Crippen LogP contribution in [0.15, 0.2) is 59.5 Å². The van der Waals surface area contributed by atoms with Gasteiger partial charge in [-0.2, -0.15) is 0 Å². The van der Waals surface area contributed by atoms with Crippen molar-refractivity contribution >= 4 is 21.7 Å². The summed E-state index contributed by atoms with van der Waals surface area (Å²) in [5.41, 5.74) is 1.53. The first-order chi connectivity index (χ1) is 14.9. The lowest BCUT2D eigenvalue weighted by atomic mass is 10.3.